The van der Waals surface area contributed by atoms with Crippen LogP contribution in [0.15, 0.2) is 115 Å². The molecule has 0 radical (unpaired) electrons. The Labute approximate surface area is 360 Å². The van der Waals surface area contributed by atoms with Crippen LogP contribution >= 0.6 is 0 Å². The summed E-state index contributed by atoms with van der Waals surface area (Å²) >= 11 is 1.74. The van der Waals surface area contributed by atoms with E-state index in [9.17, 15) is 0 Å². The first kappa shape index (κ1) is 46.4. The molecule has 0 aliphatic carbocycles. The number of hydrogen-bond donors (Lipinski definition) is 0. The zero-order valence-corrected chi connectivity index (χ0v) is 40.2. The van der Waals surface area contributed by atoms with Crippen molar-refractivity contribution < 1.29 is 48.1 Å². The number of halogens is 2. The Morgan fingerprint density at radius 3 is 1.47 bits per heavy atom. The molecule has 0 saturated heterocycles. The van der Waals surface area contributed by atoms with Gasteiger partial charge in [0.25, 0.3) is 0 Å². The minimum absolute atomic E-state index is 0. The molecule has 0 atom stereocenters. The average Bonchev–Trinajstić information content (AvgIpc) is 3.68. The molecule has 0 saturated carbocycles. The molecule has 0 spiro atoms. The fraction of sp³-hybridized carbons (Fsp3) is 0.294. The third-order valence-electron chi connectivity index (χ3n) is 10.1. The summed E-state index contributed by atoms with van der Waals surface area (Å²) in [7, 11) is 0. The van der Waals surface area contributed by atoms with Crippen molar-refractivity contribution >= 4 is 27.0 Å². The monoisotopic (exact) mass is 858 g/mol. The molecule has 0 aliphatic rings. The van der Waals surface area contributed by atoms with Crippen LogP contribution in [-0.4, -0.2) is 5.43 Å². The molecule has 0 unspecified atom stereocenters. The van der Waals surface area contributed by atoms with Crippen molar-refractivity contribution in [3.8, 4) is 33.4 Å². The average molecular weight is 861 g/mol. The fourth-order valence-electron chi connectivity index (χ4n) is 7.41. The van der Waals surface area contributed by atoms with Crippen LogP contribution in [0.3, 0.4) is 0 Å². The molecule has 0 aliphatic heterocycles. The Hall–Kier alpha value is -3.00. The van der Waals surface area contributed by atoms with Crippen molar-refractivity contribution in [3.63, 3.8) is 0 Å². The van der Waals surface area contributed by atoms with Gasteiger partial charge < -0.3 is 24.8 Å². The van der Waals surface area contributed by atoms with Crippen LogP contribution in [0.2, 0.25) is 13.1 Å². The van der Waals surface area contributed by atoms with Gasteiger partial charge in [-0.3, -0.25) is 0 Å². The predicted molar refractivity (Wildman–Crippen MR) is 234 cm³/mol. The van der Waals surface area contributed by atoms with Crippen LogP contribution in [0.25, 0.3) is 54.9 Å². The molecule has 0 nitrogen and oxygen atoms in total. The second-order valence-electron chi connectivity index (χ2n) is 17.3. The Morgan fingerprint density at radius 1 is 0.527 bits per heavy atom. The Bertz CT molecular complexity index is 2350. The number of fused-ring (bicyclic) bond motifs is 2. The summed E-state index contributed by atoms with van der Waals surface area (Å²) < 4.78 is 0. The van der Waals surface area contributed by atoms with Gasteiger partial charge in [-0.05, 0) is 53.9 Å². The van der Waals surface area contributed by atoms with Crippen LogP contribution in [0.4, 0.5) is 0 Å². The Balaban J connectivity index is 0.000000268. The molecule has 0 bridgehead atoms. The molecular weight excluding hydrogens is 803 g/mol. The zero-order chi connectivity index (χ0) is 38.8. The summed E-state index contributed by atoms with van der Waals surface area (Å²) in [6, 6.07) is 43.1. The fourth-order valence-corrected chi connectivity index (χ4v) is 7.41. The van der Waals surface area contributed by atoms with Crippen molar-refractivity contribution in [2.45, 2.75) is 100 Å². The first-order valence-corrected chi connectivity index (χ1v) is 25.2. The first-order valence-electron chi connectivity index (χ1n) is 19.0. The molecule has 7 rings (SSSR count). The minimum atomic E-state index is 0. The van der Waals surface area contributed by atoms with E-state index in [-0.39, 0.29) is 41.1 Å². The SMILES string of the molecule is C[Si](C)=[Zr+2].Cc1cc(C)c(-c2cc3c(-c4ccc(C(C)(C)C)cc4)cccc3[cH-]2)c(C)c1.Cc1cc2c(-c3ccc(C(C)(C)C)cc3)ccc(C)c2[cH-]1.[Cl-].[Cl-]. The Morgan fingerprint density at radius 2 is 1.00 bits per heavy atom. The number of rotatable bonds is 3. The molecule has 4 heteroatoms. The van der Waals surface area contributed by atoms with Gasteiger partial charge in [-0.15, -0.1) is 68.6 Å². The maximum Gasteiger partial charge on any atom is -0.0132 e. The smallest absolute Gasteiger partial charge is 0.0132 e. The van der Waals surface area contributed by atoms with E-state index in [4.69, 9.17) is 0 Å². The van der Waals surface area contributed by atoms with E-state index in [0.29, 0.717) is 0 Å². The number of benzene rings is 5. The van der Waals surface area contributed by atoms with Crippen molar-refractivity contribution in [3.05, 3.63) is 154 Å². The molecule has 55 heavy (non-hydrogen) atoms. The van der Waals surface area contributed by atoms with Gasteiger partial charge in [0.2, 0.25) is 0 Å². The summed E-state index contributed by atoms with van der Waals surface area (Å²) in [6.45, 7) is 29.1. The van der Waals surface area contributed by atoms with Crippen molar-refractivity contribution in [2.75, 3.05) is 0 Å². The Kier molecular flexibility index (Phi) is 16.0. The molecule has 0 fully saturated rings. The normalized spacial score (nSPS) is 11.2. The summed E-state index contributed by atoms with van der Waals surface area (Å²) in [5.41, 5.74) is 18.0. The third kappa shape index (κ3) is 11.3. The number of aryl methyl sites for hydroxylation is 5. The van der Waals surface area contributed by atoms with E-state index in [1.807, 2.05) is 0 Å². The second kappa shape index (κ2) is 19.0. The first-order chi connectivity index (χ1) is 24.8. The zero-order valence-electron chi connectivity index (χ0n) is 35.2. The van der Waals surface area contributed by atoms with Gasteiger partial charge in [0, 0.05) is 0 Å². The summed E-state index contributed by atoms with van der Waals surface area (Å²) in [5.74, 6) is 0. The van der Waals surface area contributed by atoms with Crippen LogP contribution in [0, 0.1) is 34.6 Å². The topological polar surface area (TPSA) is 0 Å². The van der Waals surface area contributed by atoms with E-state index < -0.39 is 0 Å². The molecule has 286 valence electrons. The molecule has 0 amide bonds. The standard InChI is InChI=1S/C28H29.C21H23.C2H6Si.2ClH.Zr/c1-18-14-19(2)27(20(3)15-18)23-16-22-8-7-9-25(26(22)17-23)21-10-12-24(13-11-21)28(4,5)6;1-14-12-19-15(2)6-11-18(20(19)13-14)16-7-9-17(10-8-16)21(3,4)5;1-3-2;;;/h7-17H,1-6H3;6-13H,1-5H3;1-2H3;2*1H;/q2*-1;;;;+2/p-2. The minimum Gasteiger partial charge on any atom is -1.00 e. The van der Waals surface area contributed by atoms with E-state index >= 15 is 0 Å². The quantitative estimate of drug-likeness (QED) is 0.123. The van der Waals surface area contributed by atoms with Gasteiger partial charge in [-0.25, -0.2) is 0 Å². The van der Waals surface area contributed by atoms with E-state index in [2.05, 4.69) is 205 Å². The summed E-state index contributed by atoms with van der Waals surface area (Å²) in [5, 5.41) is 5.40. The molecule has 7 aromatic rings. The third-order valence-corrected chi connectivity index (χ3v) is 10.1. The number of hydrogen-bond acceptors (Lipinski definition) is 0. The molecule has 7 aromatic carbocycles. The molecule has 0 heterocycles. The van der Waals surface area contributed by atoms with Gasteiger partial charge in [-0.2, -0.15) is 6.07 Å². The van der Waals surface area contributed by atoms with E-state index in [1.165, 1.54) is 93.9 Å². The van der Waals surface area contributed by atoms with Crippen molar-refractivity contribution in [1.82, 2.24) is 0 Å². The van der Waals surface area contributed by atoms with Gasteiger partial charge in [0.15, 0.2) is 0 Å². The summed E-state index contributed by atoms with van der Waals surface area (Å²) in [4.78, 5) is 0. The van der Waals surface area contributed by atoms with Crippen LogP contribution in [0.5, 0.6) is 0 Å². The van der Waals surface area contributed by atoms with Gasteiger partial charge in [-0.1, -0.05) is 168 Å². The van der Waals surface area contributed by atoms with Gasteiger partial charge in [0.05, 0.1) is 0 Å². The molecule has 0 N–H and O–H groups in total. The van der Waals surface area contributed by atoms with E-state index in [1.54, 1.807) is 23.3 Å². The predicted octanol–water partition coefficient (Wildman–Crippen LogP) is 9.05. The maximum absolute atomic E-state index is 2.37. The maximum atomic E-state index is 2.37. The van der Waals surface area contributed by atoms with Crippen molar-refractivity contribution in [1.29, 1.82) is 0 Å². The summed E-state index contributed by atoms with van der Waals surface area (Å²) in [6.07, 6.45) is 0. The van der Waals surface area contributed by atoms with Gasteiger partial charge in [0.1, 0.15) is 0 Å². The molecular formula is C51H58Cl2SiZr-2. The van der Waals surface area contributed by atoms with E-state index in [0.717, 1.165) is 0 Å². The van der Waals surface area contributed by atoms with Crippen LogP contribution in [-0.2, 0) is 34.2 Å². The second-order valence-corrected chi connectivity index (χ2v) is 26.6. The molecule has 0 aromatic heterocycles. The van der Waals surface area contributed by atoms with Gasteiger partial charge >= 0.3 is 41.9 Å². The van der Waals surface area contributed by atoms with Crippen LogP contribution < -0.4 is 24.8 Å². The largest absolute Gasteiger partial charge is 1.00 e. The van der Waals surface area contributed by atoms with Crippen molar-refractivity contribution in [2.24, 2.45) is 0 Å². The van der Waals surface area contributed by atoms with Crippen LogP contribution in [0.1, 0.15) is 80.5 Å².